The van der Waals surface area contributed by atoms with Gasteiger partial charge >= 0.3 is 11.7 Å². The predicted molar refractivity (Wildman–Crippen MR) is 105 cm³/mol. The van der Waals surface area contributed by atoms with Crippen molar-refractivity contribution in [1.82, 2.24) is 14.3 Å². The summed E-state index contributed by atoms with van der Waals surface area (Å²) in [5.41, 5.74) is 1.16. The molecule has 3 heterocycles. The van der Waals surface area contributed by atoms with Gasteiger partial charge in [0.15, 0.2) is 0 Å². The van der Waals surface area contributed by atoms with Crippen LogP contribution in [0.4, 0.5) is 5.00 Å². The van der Waals surface area contributed by atoms with E-state index in [1.807, 2.05) is 5.38 Å². The van der Waals surface area contributed by atoms with Gasteiger partial charge in [0.1, 0.15) is 17.4 Å². The normalized spacial score (nSPS) is 16.3. The van der Waals surface area contributed by atoms with E-state index in [9.17, 15) is 14.4 Å². The number of carbonyl (C=O) groups is 2. The summed E-state index contributed by atoms with van der Waals surface area (Å²) in [6.45, 7) is 2.52. The fourth-order valence-corrected chi connectivity index (χ4v) is 4.65. The van der Waals surface area contributed by atoms with Crippen molar-refractivity contribution in [3.8, 4) is 0 Å². The van der Waals surface area contributed by atoms with Gasteiger partial charge < -0.3 is 10.1 Å². The molecular formula is C19H24N4O4S. The van der Waals surface area contributed by atoms with Crippen LogP contribution in [0.3, 0.4) is 0 Å². The van der Waals surface area contributed by atoms with Crippen molar-refractivity contribution in [2.45, 2.75) is 64.5 Å². The zero-order valence-corrected chi connectivity index (χ0v) is 16.7. The molecule has 0 unspecified atom stereocenters. The third kappa shape index (κ3) is 3.76. The van der Waals surface area contributed by atoms with E-state index in [-0.39, 0.29) is 24.7 Å². The lowest BCUT2D eigenvalue weighted by molar-refractivity contribution is -0.116. The third-order valence-electron chi connectivity index (χ3n) is 5.14. The molecule has 0 radical (unpaired) electrons. The van der Waals surface area contributed by atoms with Gasteiger partial charge in [0.05, 0.1) is 12.2 Å². The summed E-state index contributed by atoms with van der Waals surface area (Å²) in [5, 5.41) is 9.54. The van der Waals surface area contributed by atoms with Crippen LogP contribution >= 0.6 is 11.3 Å². The van der Waals surface area contributed by atoms with Crippen molar-refractivity contribution in [2.75, 3.05) is 11.9 Å². The van der Waals surface area contributed by atoms with Crippen LogP contribution in [-0.2, 0) is 29.0 Å². The minimum atomic E-state index is -0.410. The molecule has 0 bridgehead atoms. The molecule has 1 aliphatic carbocycles. The van der Waals surface area contributed by atoms with Gasteiger partial charge in [0, 0.05) is 13.0 Å². The predicted octanol–water partition coefficient (Wildman–Crippen LogP) is 2.53. The quantitative estimate of drug-likeness (QED) is 0.747. The first-order valence-electron chi connectivity index (χ1n) is 9.83. The van der Waals surface area contributed by atoms with E-state index in [2.05, 4.69) is 10.4 Å². The molecular weight excluding hydrogens is 380 g/mol. The van der Waals surface area contributed by atoms with Gasteiger partial charge in [-0.25, -0.2) is 14.3 Å². The fourth-order valence-electron chi connectivity index (χ4n) is 3.60. The summed E-state index contributed by atoms with van der Waals surface area (Å²) >= 11 is 1.33. The standard InChI is InChI=1S/C19H24N4O4S/c1-2-27-18(25)16-13(12-7-8-12)11-28-17(16)20-15(24)10-23-19(26)22-9-5-3-4-6-14(22)21-23/h11-12H,2-10H2,1H3,(H,20,24). The van der Waals surface area contributed by atoms with Crippen LogP contribution in [0.1, 0.15) is 66.7 Å². The molecule has 1 amide bonds. The van der Waals surface area contributed by atoms with Gasteiger partial charge in [-0.05, 0) is 49.5 Å². The molecule has 1 fully saturated rings. The Bertz CT molecular complexity index is 954. The topological polar surface area (TPSA) is 95.2 Å². The largest absolute Gasteiger partial charge is 0.462 e. The summed E-state index contributed by atoms with van der Waals surface area (Å²) in [6, 6.07) is 0. The van der Waals surface area contributed by atoms with Gasteiger partial charge in [0.25, 0.3) is 0 Å². The maximum absolute atomic E-state index is 12.6. The van der Waals surface area contributed by atoms with Crippen LogP contribution in [-0.4, -0.2) is 32.8 Å². The zero-order chi connectivity index (χ0) is 19.7. The molecule has 8 nitrogen and oxygen atoms in total. The van der Waals surface area contributed by atoms with Gasteiger partial charge in [-0.1, -0.05) is 6.42 Å². The molecule has 2 aliphatic rings. The summed E-state index contributed by atoms with van der Waals surface area (Å²) in [5.74, 6) is 0.333. The van der Waals surface area contributed by atoms with Gasteiger partial charge in [-0.15, -0.1) is 11.3 Å². The molecule has 2 aromatic heterocycles. The first kappa shape index (κ1) is 18.9. The molecule has 4 rings (SSSR count). The van der Waals surface area contributed by atoms with E-state index in [1.54, 1.807) is 11.5 Å². The number of aryl methyl sites for hydroxylation is 1. The second-order valence-corrected chi connectivity index (χ2v) is 8.14. The number of rotatable bonds is 6. The molecule has 9 heteroatoms. The number of ether oxygens (including phenoxy) is 1. The van der Waals surface area contributed by atoms with Gasteiger partial charge in [-0.2, -0.15) is 5.10 Å². The van der Waals surface area contributed by atoms with Crippen molar-refractivity contribution >= 4 is 28.2 Å². The maximum atomic E-state index is 12.6. The first-order chi connectivity index (χ1) is 13.6. The number of hydrogen-bond donors (Lipinski definition) is 1. The van der Waals surface area contributed by atoms with Crippen LogP contribution in [0.25, 0.3) is 0 Å². The highest BCUT2D eigenvalue weighted by atomic mass is 32.1. The highest BCUT2D eigenvalue weighted by Gasteiger charge is 2.32. The highest BCUT2D eigenvalue weighted by Crippen LogP contribution is 2.46. The first-order valence-corrected chi connectivity index (χ1v) is 10.7. The lowest BCUT2D eigenvalue weighted by Gasteiger charge is -2.08. The van der Waals surface area contributed by atoms with Crippen molar-refractivity contribution in [2.24, 2.45) is 0 Å². The van der Waals surface area contributed by atoms with Crippen LogP contribution in [0.2, 0.25) is 0 Å². The Labute approximate surface area is 166 Å². The number of nitrogens with one attached hydrogen (secondary N) is 1. The molecule has 0 saturated heterocycles. The Morgan fingerprint density at radius 2 is 2.14 bits per heavy atom. The van der Waals surface area contributed by atoms with Crippen LogP contribution < -0.4 is 11.0 Å². The minimum absolute atomic E-state index is 0.169. The Morgan fingerprint density at radius 1 is 1.32 bits per heavy atom. The minimum Gasteiger partial charge on any atom is -0.462 e. The molecule has 150 valence electrons. The summed E-state index contributed by atoms with van der Waals surface area (Å²) in [4.78, 5) is 37.5. The summed E-state index contributed by atoms with van der Waals surface area (Å²) in [6.07, 6.45) is 5.89. The third-order valence-corrected chi connectivity index (χ3v) is 6.06. The Balaban J connectivity index is 1.52. The van der Waals surface area contributed by atoms with Gasteiger partial charge in [-0.3, -0.25) is 9.36 Å². The molecule has 1 N–H and O–H groups in total. The number of anilines is 1. The number of thiophene rings is 1. The number of fused-ring (bicyclic) bond motifs is 1. The second-order valence-electron chi connectivity index (χ2n) is 7.26. The van der Waals surface area contributed by atoms with Crippen LogP contribution in [0, 0.1) is 0 Å². The van der Waals surface area contributed by atoms with Crippen LogP contribution in [0.15, 0.2) is 10.2 Å². The Hall–Kier alpha value is -2.42. The monoisotopic (exact) mass is 404 g/mol. The lowest BCUT2D eigenvalue weighted by Crippen LogP contribution is -2.30. The number of carbonyl (C=O) groups excluding carboxylic acids is 2. The molecule has 1 aliphatic heterocycles. The van der Waals surface area contributed by atoms with E-state index in [4.69, 9.17) is 4.74 Å². The van der Waals surface area contributed by atoms with Crippen LogP contribution in [0.5, 0.6) is 0 Å². The Kier molecular flexibility index (Phi) is 5.34. The van der Waals surface area contributed by atoms with Crippen molar-refractivity contribution in [3.05, 3.63) is 32.8 Å². The molecule has 0 atom stereocenters. The summed E-state index contributed by atoms with van der Waals surface area (Å²) in [7, 11) is 0. The van der Waals surface area contributed by atoms with Crippen molar-refractivity contribution in [1.29, 1.82) is 0 Å². The number of amides is 1. The Morgan fingerprint density at radius 3 is 2.89 bits per heavy atom. The zero-order valence-electron chi connectivity index (χ0n) is 15.9. The molecule has 0 spiro atoms. The van der Waals surface area contributed by atoms with E-state index < -0.39 is 5.97 Å². The fraction of sp³-hybridized carbons (Fsp3) is 0.579. The lowest BCUT2D eigenvalue weighted by atomic mass is 10.1. The van der Waals surface area contributed by atoms with E-state index in [1.165, 1.54) is 16.0 Å². The molecule has 0 aromatic carbocycles. The highest BCUT2D eigenvalue weighted by molar-refractivity contribution is 7.15. The SMILES string of the molecule is CCOC(=O)c1c(C2CC2)csc1NC(=O)Cn1nc2n(c1=O)CCCCC2. The van der Waals surface area contributed by atoms with E-state index in [0.717, 1.165) is 49.9 Å². The average molecular weight is 404 g/mol. The molecule has 1 saturated carbocycles. The average Bonchev–Trinajstić information content (AvgIpc) is 3.41. The molecule has 2 aromatic rings. The number of esters is 1. The molecule has 28 heavy (non-hydrogen) atoms. The van der Waals surface area contributed by atoms with E-state index >= 15 is 0 Å². The van der Waals surface area contributed by atoms with Gasteiger partial charge in [0.2, 0.25) is 5.91 Å². The second kappa shape index (κ2) is 7.90. The maximum Gasteiger partial charge on any atom is 0.346 e. The summed E-state index contributed by atoms with van der Waals surface area (Å²) < 4.78 is 8.06. The number of aromatic nitrogens is 3. The van der Waals surface area contributed by atoms with E-state index in [0.29, 0.717) is 23.0 Å². The van der Waals surface area contributed by atoms with Crippen molar-refractivity contribution < 1.29 is 14.3 Å². The number of nitrogens with zero attached hydrogens (tertiary/aromatic N) is 3. The number of hydrogen-bond acceptors (Lipinski definition) is 6. The van der Waals surface area contributed by atoms with Crippen molar-refractivity contribution in [3.63, 3.8) is 0 Å². The smallest absolute Gasteiger partial charge is 0.346 e.